The van der Waals surface area contributed by atoms with E-state index < -0.39 is 5.25 Å². The maximum absolute atomic E-state index is 13.3. The van der Waals surface area contributed by atoms with Crippen molar-refractivity contribution >= 4 is 40.1 Å². The third kappa shape index (κ3) is 5.78. The molecule has 1 heterocycles. The van der Waals surface area contributed by atoms with E-state index in [1.807, 2.05) is 42.5 Å². The maximum atomic E-state index is 13.3. The van der Waals surface area contributed by atoms with Crippen LogP contribution in [-0.2, 0) is 16.1 Å². The SMILES string of the molecule is COc1ccc(CN2C(=O)CC(C(=O)Nc3ccccc3)SC2=Nc2ccc(F)cc2)cc1. The van der Waals surface area contributed by atoms with E-state index in [9.17, 15) is 14.0 Å². The van der Waals surface area contributed by atoms with Crippen LogP contribution >= 0.6 is 11.8 Å². The maximum Gasteiger partial charge on any atom is 0.238 e. The molecule has 4 rings (SSSR count). The number of ether oxygens (including phenoxy) is 1. The molecule has 0 radical (unpaired) electrons. The van der Waals surface area contributed by atoms with Gasteiger partial charge in [-0.1, -0.05) is 42.1 Å². The fourth-order valence-corrected chi connectivity index (χ4v) is 4.38. The van der Waals surface area contributed by atoms with Gasteiger partial charge in [-0.3, -0.25) is 14.5 Å². The molecule has 8 heteroatoms. The summed E-state index contributed by atoms with van der Waals surface area (Å²) in [6.45, 7) is 0.295. The molecular weight excluding hydrogens is 441 g/mol. The number of amidine groups is 1. The second-order valence-corrected chi connectivity index (χ2v) is 8.53. The minimum absolute atomic E-state index is 0.0436. The molecular formula is C25H22FN3O3S. The second-order valence-electron chi connectivity index (χ2n) is 7.36. The fraction of sp³-hybridized carbons (Fsp3) is 0.160. The lowest BCUT2D eigenvalue weighted by Crippen LogP contribution is -2.44. The number of nitrogens with zero attached hydrogens (tertiary/aromatic N) is 2. The normalized spacial score (nSPS) is 17.2. The monoisotopic (exact) mass is 463 g/mol. The van der Waals surface area contributed by atoms with Gasteiger partial charge in [-0.15, -0.1) is 0 Å². The third-order valence-corrected chi connectivity index (χ3v) is 6.21. The van der Waals surface area contributed by atoms with E-state index in [2.05, 4.69) is 10.3 Å². The topological polar surface area (TPSA) is 71.0 Å². The standard InChI is InChI=1S/C25H22FN3O3S/c1-32-21-13-7-17(8-14-21)16-29-23(30)15-22(24(31)27-19-5-3-2-4-6-19)33-25(29)28-20-11-9-18(26)10-12-20/h2-14,22H,15-16H2,1H3,(H,27,31). The number of carbonyl (C=O) groups is 2. The first-order valence-electron chi connectivity index (χ1n) is 10.3. The first-order chi connectivity index (χ1) is 16.0. The summed E-state index contributed by atoms with van der Waals surface area (Å²) in [6, 6.07) is 22.2. The molecule has 1 saturated heterocycles. The zero-order valence-corrected chi connectivity index (χ0v) is 18.7. The zero-order chi connectivity index (χ0) is 23.2. The zero-order valence-electron chi connectivity index (χ0n) is 17.9. The van der Waals surface area contributed by atoms with Gasteiger partial charge in [0, 0.05) is 12.1 Å². The van der Waals surface area contributed by atoms with Gasteiger partial charge in [-0.05, 0) is 54.1 Å². The Balaban J connectivity index is 1.59. The molecule has 0 aromatic heterocycles. The van der Waals surface area contributed by atoms with Gasteiger partial charge in [0.1, 0.15) is 16.8 Å². The molecule has 1 atom stereocenters. The molecule has 1 N–H and O–H groups in total. The summed E-state index contributed by atoms with van der Waals surface area (Å²) in [5.41, 5.74) is 2.05. The van der Waals surface area contributed by atoms with Crippen LogP contribution in [0.3, 0.4) is 0 Å². The van der Waals surface area contributed by atoms with E-state index in [1.165, 1.54) is 36.0 Å². The number of para-hydroxylation sites is 1. The predicted octanol–water partition coefficient (Wildman–Crippen LogP) is 4.99. The Morgan fingerprint density at radius 1 is 1.09 bits per heavy atom. The van der Waals surface area contributed by atoms with E-state index in [4.69, 9.17) is 4.74 Å². The molecule has 0 saturated carbocycles. The largest absolute Gasteiger partial charge is 0.497 e. The van der Waals surface area contributed by atoms with Crippen LogP contribution < -0.4 is 10.1 Å². The Morgan fingerprint density at radius 2 is 1.79 bits per heavy atom. The number of methoxy groups -OCH3 is 1. The smallest absolute Gasteiger partial charge is 0.238 e. The average Bonchev–Trinajstić information content (AvgIpc) is 2.83. The van der Waals surface area contributed by atoms with Crippen molar-refractivity contribution in [3.8, 4) is 5.75 Å². The quantitative estimate of drug-likeness (QED) is 0.559. The fourth-order valence-electron chi connectivity index (χ4n) is 3.28. The Labute approximate surface area is 195 Å². The molecule has 3 aromatic rings. The number of anilines is 1. The van der Waals surface area contributed by atoms with Crippen LogP contribution in [0.1, 0.15) is 12.0 Å². The van der Waals surface area contributed by atoms with E-state index in [0.29, 0.717) is 23.1 Å². The van der Waals surface area contributed by atoms with Gasteiger partial charge < -0.3 is 10.1 Å². The second kappa shape index (κ2) is 10.3. The number of hydrogen-bond donors (Lipinski definition) is 1. The molecule has 1 aliphatic rings. The first kappa shape index (κ1) is 22.5. The van der Waals surface area contributed by atoms with Crippen LogP contribution in [0.4, 0.5) is 15.8 Å². The molecule has 2 amide bonds. The molecule has 168 valence electrons. The molecule has 1 aliphatic heterocycles. The van der Waals surface area contributed by atoms with Gasteiger partial charge >= 0.3 is 0 Å². The molecule has 1 fully saturated rings. The Bertz CT molecular complexity index is 1150. The van der Waals surface area contributed by atoms with Crippen LogP contribution in [0.15, 0.2) is 83.9 Å². The molecule has 0 bridgehead atoms. The Hall–Kier alpha value is -3.65. The highest BCUT2D eigenvalue weighted by molar-refractivity contribution is 8.15. The molecule has 1 unspecified atom stereocenters. The molecule has 33 heavy (non-hydrogen) atoms. The van der Waals surface area contributed by atoms with Gasteiger partial charge in [0.2, 0.25) is 11.8 Å². The predicted molar refractivity (Wildman–Crippen MR) is 128 cm³/mol. The highest BCUT2D eigenvalue weighted by Crippen LogP contribution is 2.31. The van der Waals surface area contributed by atoms with Crippen molar-refractivity contribution in [2.24, 2.45) is 4.99 Å². The van der Waals surface area contributed by atoms with Gasteiger partial charge in [-0.2, -0.15) is 0 Å². The number of amides is 2. The summed E-state index contributed by atoms with van der Waals surface area (Å²) in [6.07, 6.45) is 0.0436. The van der Waals surface area contributed by atoms with Crippen molar-refractivity contribution in [2.45, 2.75) is 18.2 Å². The van der Waals surface area contributed by atoms with E-state index in [1.54, 1.807) is 24.1 Å². The van der Waals surface area contributed by atoms with Crippen molar-refractivity contribution in [2.75, 3.05) is 12.4 Å². The molecule has 0 aliphatic carbocycles. The highest BCUT2D eigenvalue weighted by atomic mass is 32.2. The van der Waals surface area contributed by atoms with Gasteiger partial charge in [0.15, 0.2) is 5.17 Å². The number of benzene rings is 3. The van der Waals surface area contributed by atoms with Crippen LogP contribution in [0.25, 0.3) is 0 Å². The lowest BCUT2D eigenvalue weighted by Gasteiger charge is -2.32. The first-order valence-corrected chi connectivity index (χ1v) is 11.2. The molecule has 6 nitrogen and oxygen atoms in total. The van der Waals surface area contributed by atoms with Gasteiger partial charge in [0.25, 0.3) is 0 Å². The van der Waals surface area contributed by atoms with Gasteiger partial charge in [-0.25, -0.2) is 9.38 Å². The summed E-state index contributed by atoms with van der Waals surface area (Å²) < 4.78 is 18.5. The number of aliphatic imine (C=N–C) groups is 1. The van der Waals surface area contributed by atoms with Crippen LogP contribution in [0.5, 0.6) is 5.75 Å². The van der Waals surface area contributed by atoms with E-state index in [0.717, 1.165) is 11.3 Å². The number of thioether (sulfide) groups is 1. The summed E-state index contributed by atoms with van der Waals surface area (Å²) >= 11 is 1.22. The van der Waals surface area contributed by atoms with Crippen molar-refractivity contribution < 1.29 is 18.7 Å². The van der Waals surface area contributed by atoms with Crippen molar-refractivity contribution in [3.05, 3.63) is 90.2 Å². The van der Waals surface area contributed by atoms with E-state index >= 15 is 0 Å². The number of halogens is 1. The summed E-state index contributed by atoms with van der Waals surface area (Å²) in [5, 5.41) is 2.61. The summed E-state index contributed by atoms with van der Waals surface area (Å²) in [4.78, 5) is 32.1. The summed E-state index contributed by atoms with van der Waals surface area (Å²) in [7, 11) is 1.59. The van der Waals surface area contributed by atoms with Crippen molar-refractivity contribution in [1.29, 1.82) is 0 Å². The summed E-state index contributed by atoms with van der Waals surface area (Å²) in [5.74, 6) is -0.133. The molecule has 3 aromatic carbocycles. The van der Waals surface area contributed by atoms with Crippen molar-refractivity contribution in [1.82, 2.24) is 4.90 Å². The Morgan fingerprint density at radius 3 is 2.45 bits per heavy atom. The lowest BCUT2D eigenvalue weighted by molar-refractivity contribution is -0.129. The van der Waals surface area contributed by atoms with Crippen molar-refractivity contribution in [3.63, 3.8) is 0 Å². The lowest BCUT2D eigenvalue weighted by atomic mass is 10.2. The minimum Gasteiger partial charge on any atom is -0.497 e. The highest BCUT2D eigenvalue weighted by Gasteiger charge is 2.36. The van der Waals surface area contributed by atoms with Gasteiger partial charge in [0.05, 0.1) is 19.3 Å². The number of hydrogen-bond acceptors (Lipinski definition) is 5. The number of nitrogens with one attached hydrogen (secondary N) is 1. The Kier molecular flexibility index (Phi) is 7.04. The third-order valence-electron chi connectivity index (χ3n) is 5.02. The average molecular weight is 464 g/mol. The molecule has 0 spiro atoms. The van der Waals surface area contributed by atoms with Crippen LogP contribution in [0, 0.1) is 5.82 Å². The van der Waals surface area contributed by atoms with E-state index in [-0.39, 0.29) is 24.1 Å². The van der Waals surface area contributed by atoms with Crippen LogP contribution in [0.2, 0.25) is 0 Å². The number of carbonyl (C=O) groups excluding carboxylic acids is 2. The van der Waals surface area contributed by atoms with Crippen LogP contribution in [-0.4, -0.2) is 34.2 Å². The number of rotatable bonds is 6. The minimum atomic E-state index is -0.635.